The van der Waals surface area contributed by atoms with E-state index in [4.69, 9.17) is 32.7 Å². The molecule has 0 atom stereocenters. The van der Waals surface area contributed by atoms with Crippen LogP contribution in [0.2, 0.25) is 10.0 Å². The molecule has 0 saturated heterocycles. The summed E-state index contributed by atoms with van der Waals surface area (Å²) in [4.78, 5) is 24.9. The number of carbonyl (C=O) groups excluding carboxylic acids is 2. The maximum absolute atomic E-state index is 12.7. The van der Waals surface area contributed by atoms with Crippen LogP contribution in [0.1, 0.15) is 15.9 Å². The minimum Gasteiger partial charge on any atom is -0.482 e. The number of fused-ring (bicyclic) bond motifs is 1. The third-order valence-corrected chi connectivity index (χ3v) is 5.45. The summed E-state index contributed by atoms with van der Waals surface area (Å²) in [7, 11) is 0. The standard InChI is InChI=1S/C26H18Cl2N2O4/c27-21-10-4-3-9-19(21)26(32)34-23-14-13-17-7-1-2-8-18(17)20(23)15-29-30-25(31)16-33-24-12-6-5-11-22(24)28/h1-15H,16H2,(H,30,31)/b29-15+. The lowest BCUT2D eigenvalue weighted by Crippen LogP contribution is -2.24. The number of hydrogen-bond acceptors (Lipinski definition) is 5. The Bertz CT molecular complexity index is 1390. The van der Waals surface area contributed by atoms with Crippen molar-refractivity contribution in [1.29, 1.82) is 0 Å². The highest BCUT2D eigenvalue weighted by Crippen LogP contribution is 2.28. The summed E-state index contributed by atoms with van der Waals surface area (Å²) in [5, 5.41) is 6.42. The highest BCUT2D eigenvalue weighted by Gasteiger charge is 2.16. The van der Waals surface area contributed by atoms with Gasteiger partial charge in [-0.15, -0.1) is 0 Å². The molecular weight excluding hydrogens is 475 g/mol. The minimum atomic E-state index is -0.604. The number of esters is 1. The number of nitrogens with one attached hydrogen (secondary N) is 1. The summed E-state index contributed by atoms with van der Waals surface area (Å²) >= 11 is 12.2. The molecule has 0 aliphatic rings. The van der Waals surface area contributed by atoms with Crippen molar-refractivity contribution in [2.45, 2.75) is 0 Å². The zero-order valence-corrected chi connectivity index (χ0v) is 19.2. The average Bonchev–Trinajstić information content (AvgIpc) is 2.85. The Kier molecular flexibility index (Phi) is 7.42. The molecular formula is C26H18Cl2N2O4. The Balaban J connectivity index is 1.53. The quantitative estimate of drug-likeness (QED) is 0.151. The molecule has 1 amide bonds. The molecule has 6 nitrogen and oxygen atoms in total. The van der Waals surface area contributed by atoms with Gasteiger partial charge in [0.2, 0.25) is 0 Å². The lowest BCUT2D eigenvalue weighted by molar-refractivity contribution is -0.123. The van der Waals surface area contributed by atoms with Crippen molar-refractivity contribution in [1.82, 2.24) is 5.43 Å². The number of halogens is 2. The van der Waals surface area contributed by atoms with Gasteiger partial charge in [0.1, 0.15) is 11.5 Å². The van der Waals surface area contributed by atoms with E-state index in [2.05, 4.69) is 10.5 Å². The van der Waals surface area contributed by atoms with Crippen LogP contribution in [-0.4, -0.2) is 24.7 Å². The maximum atomic E-state index is 12.7. The second-order valence-corrected chi connectivity index (χ2v) is 7.89. The third-order valence-electron chi connectivity index (χ3n) is 4.81. The van der Waals surface area contributed by atoms with Crippen LogP contribution in [0.5, 0.6) is 11.5 Å². The number of hydrazone groups is 1. The van der Waals surface area contributed by atoms with Crippen LogP contribution in [0.25, 0.3) is 10.8 Å². The zero-order valence-electron chi connectivity index (χ0n) is 17.7. The predicted octanol–water partition coefficient (Wildman–Crippen LogP) is 5.89. The fraction of sp³-hybridized carbons (Fsp3) is 0.0385. The molecule has 0 aromatic heterocycles. The van der Waals surface area contributed by atoms with Crippen molar-refractivity contribution in [2.75, 3.05) is 6.61 Å². The molecule has 4 aromatic rings. The smallest absolute Gasteiger partial charge is 0.345 e. The van der Waals surface area contributed by atoms with Gasteiger partial charge in [0.05, 0.1) is 21.8 Å². The number of benzene rings is 4. The Hall–Kier alpha value is -3.87. The molecule has 0 unspecified atom stereocenters. The van der Waals surface area contributed by atoms with Crippen molar-refractivity contribution in [3.05, 3.63) is 106 Å². The summed E-state index contributed by atoms with van der Waals surface area (Å²) in [5.41, 5.74) is 3.17. The van der Waals surface area contributed by atoms with Gasteiger partial charge in [-0.05, 0) is 41.1 Å². The molecule has 0 fully saturated rings. The number of hydrogen-bond donors (Lipinski definition) is 1. The van der Waals surface area contributed by atoms with Crippen molar-refractivity contribution in [3.63, 3.8) is 0 Å². The average molecular weight is 493 g/mol. The lowest BCUT2D eigenvalue weighted by atomic mass is 10.0. The van der Waals surface area contributed by atoms with Gasteiger partial charge < -0.3 is 9.47 Å². The molecule has 8 heteroatoms. The molecule has 34 heavy (non-hydrogen) atoms. The second kappa shape index (κ2) is 10.8. The lowest BCUT2D eigenvalue weighted by Gasteiger charge is -2.11. The normalized spacial score (nSPS) is 10.9. The highest BCUT2D eigenvalue weighted by molar-refractivity contribution is 6.33. The first-order valence-electron chi connectivity index (χ1n) is 10.2. The Morgan fingerprint density at radius 2 is 1.53 bits per heavy atom. The summed E-state index contributed by atoms with van der Waals surface area (Å²) in [5.74, 6) is -0.418. The van der Waals surface area contributed by atoms with E-state index in [-0.39, 0.29) is 22.9 Å². The SMILES string of the molecule is O=C(COc1ccccc1Cl)N/N=C/c1c(OC(=O)c2ccccc2Cl)ccc2ccccc12. The van der Waals surface area contributed by atoms with E-state index in [0.29, 0.717) is 16.3 Å². The summed E-state index contributed by atoms with van der Waals surface area (Å²) in [6.07, 6.45) is 1.42. The van der Waals surface area contributed by atoms with E-state index >= 15 is 0 Å². The number of amides is 1. The summed E-state index contributed by atoms with van der Waals surface area (Å²) in [6, 6.07) is 24.5. The Labute approximate surface area is 205 Å². The van der Waals surface area contributed by atoms with E-state index in [1.54, 1.807) is 54.6 Å². The molecule has 0 heterocycles. The Morgan fingerprint density at radius 3 is 2.32 bits per heavy atom. The first-order valence-corrected chi connectivity index (χ1v) is 11.0. The molecule has 0 bridgehead atoms. The van der Waals surface area contributed by atoms with Gasteiger partial charge in [0.25, 0.3) is 5.91 Å². The maximum Gasteiger partial charge on any atom is 0.345 e. The van der Waals surface area contributed by atoms with Gasteiger partial charge >= 0.3 is 5.97 Å². The van der Waals surface area contributed by atoms with Crippen LogP contribution in [0.15, 0.2) is 90.0 Å². The van der Waals surface area contributed by atoms with E-state index in [1.807, 2.05) is 30.3 Å². The van der Waals surface area contributed by atoms with Crippen LogP contribution in [0.3, 0.4) is 0 Å². The number of para-hydroxylation sites is 1. The molecule has 0 spiro atoms. The van der Waals surface area contributed by atoms with Gasteiger partial charge in [-0.1, -0.05) is 77.8 Å². The number of nitrogens with zero attached hydrogens (tertiary/aromatic N) is 1. The topological polar surface area (TPSA) is 77.0 Å². The van der Waals surface area contributed by atoms with E-state index in [1.165, 1.54) is 6.21 Å². The van der Waals surface area contributed by atoms with Gasteiger partial charge in [0, 0.05) is 5.56 Å². The van der Waals surface area contributed by atoms with Crippen LogP contribution < -0.4 is 14.9 Å². The zero-order chi connectivity index (χ0) is 23.9. The van der Waals surface area contributed by atoms with Gasteiger partial charge in [-0.25, -0.2) is 10.2 Å². The molecule has 0 aliphatic heterocycles. The van der Waals surface area contributed by atoms with Crippen LogP contribution >= 0.6 is 23.2 Å². The first-order chi connectivity index (χ1) is 16.5. The predicted molar refractivity (Wildman–Crippen MR) is 133 cm³/mol. The fourth-order valence-corrected chi connectivity index (χ4v) is 3.59. The monoisotopic (exact) mass is 492 g/mol. The van der Waals surface area contributed by atoms with E-state index in [0.717, 1.165) is 10.8 Å². The van der Waals surface area contributed by atoms with Crippen molar-refractivity contribution >= 4 is 52.1 Å². The molecule has 1 N–H and O–H groups in total. The first kappa shape index (κ1) is 23.3. The number of rotatable bonds is 7. The fourth-order valence-electron chi connectivity index (χ4n) is 3.19. The van der Waals surface area contributed by atoms with Gasteiger partial charge in [-0.3, -0.25) is 4.79 Å². The highest BCUT2D eigenvalue weighted by atomic mass is 35.5. The molecule has 4 aromatic carbocycles. The Morgan fingerprint density at radius 1 is 0.824 bits per heavy atom. The largest absolute Gasteiger partial charge is 0.482 e. The second-order valence-electron chi connectivity index (χ2n) is 7.08. The van der Waals surface area contributed by atoms with Gasteiger partial charge in [-0.2, -0.15) is 5.10 Å². The summed E-state index contributed by atoms with van der Waals surface area (Å²) < 4.78 is 11.0. The van der Waals surface area contributed by atoms with E-state index < -0.39 is 11.9 Å². The minimum absolute atomic E-state index is 0.241. The van der Waals surface area contributed by atoms with Gasteiger partial charge in [0.15, 0.2) is 6.61 Å². The van der Waals surface area contributed by atoms with Crippen molar-refractivity contribution < 1.29 is 19.1 Å². The van der Waals surface area contributed by atoms with Crippen molar-refractivity contribution in [2.24, 2.45) is 5.10 Å². The number of ether oxygens (including phenoxy) is 2. The molecule has 0 radical (unpaired) electrons. The number of carbonyl (C=O) groups is 2. The molecule has 170 valence electrons. The van der Waals surface area contributed by atoms with Crippen LogP contribution in [0, 0.1) is 0 Å². The van der Waals surface area contributed by atoms with Crippen LogP contribution in [0.4, 0.5) is 0 Å². The third kappa shape index (κ3) is 5.54. The van der Waals surface area contributed by atoms with Crippen LogP contribution in [-0.2, 0) is 4.79 Å². The summed E-state index contributed by atoms with van der Waals surface area (Å²) in [6.45, 7) is -0.273. The van der Waals surface area contributed by atoms with E-state index in [9.17, 15) is 9.59 Å². The molecule has 0 saturated carbocycles. The van der Waals surface area contributed by atoms with Crippen molar-refractivity contribution in [3.8, 4) is 11.5 Å². The molecule has 4 rings (SSSR count). The molecule has 0 aliphatic carbocycles.